The van der Waals surface area contributed by atoms with Crippen molar-refractivity contribution in [1.29, 1.82) is 0 Å². The summed E-state index contributed by atoms with van der Waals surface area (Å²) in [7, 11) is 0. The Balaban J connectivity index is 2.22. The summed E-state index contributed by atoms with van der Waals surface area (Å²) in [5, 5.41) is 6.49. The molecule has 0 amide bonds. The Kier molecular flexibility index (Phi) is 6.56. The van der Waals surface area contributed by atoms with Crippen LogP contribution >= 0.6 is 54.8 Å². The highest BCUT2D eigenvalue weighted by Crippen LogP contribution is 2.31. The molecule has 0 saturated carbocycles. The molecule has 0 radical (unpaired) electrons. The summed E-state index contributed by atoms with van der Waals surface area (Å²) in [6.45, 7) is 3.18. The van der Waals surface area contributed by atoms with Crippen LogP contribution in [-0.4, -0.2) is 6.54 Å². The van der Waals surface area contributed by atoms with Gasteiger partial charge in [0, 0.05) is 26.3 Å². The van der Waals surface area contributed by atoms with Gasteiger partial charge >= 0.3 is 0 Å². The molecular formula is C15H16Br2ClNS. The highest BCUT2D eigenvalue weighted by Gasteiger charge is 2.15. The molecule has 1 N–H and O–H groups in total. The lowest BCUT2D eigenvalue weighted by Gasteiger charge is -2.19. The van der Waals surface area contributed by atoms with Crippen LogP contribution in [0.5, 0.6) is 0 Å². The number of benzene rings is 1. The van der Waals surface area contributed by atoms with Crippen LogP contribution in [0.15, 0.2) is 38.6 Å². The molecular weight excluding hydrogens is 422 g/mol. The van der Waals surface area contributed by atoms with Gasteiger partial charge in [0.2, 0.25) is 0 Å². The van der Waals surface area contributed by atoms with Crippen molar-refractivity contribution in [2.45, 2.75) is 25.8 Å². The van der Waals surface area contributed by atoms with Crippen LogP contribution in [-0.2, 0) is 6.42 Å². The third-order valence-corrected chi connectivity index (χ3v) is 6.25. The van der Waals surface area contributed by atoms with Crippen molar-refractivity contribution in [1.82, 2.24) is 5.32 Å². The Morgan fingerprint density at radius 2 is 2.05 bits per heavy atom. The van der Waals surface area contributed by atoms with E-state index < -0.39 is 0 Å². The van der Waals surface area contributed by atoms with Gasteiger partial charge in [-0.15, -0.1) is 11.3 Å². The minimum absolute atomic E-state index is 0.287. The van der Waals surface area contributed by atoms with Gasteiger partial charge in [-0.05, 0) is 74.0 Å². The molecule has 0 spiro atoms. The molecule has 2 rings (SSSR count). The van der Waals surface area contributed by atoms with Crippen molar-refractivity contribution in [3.63, 3.8) is 0 Å². The molecule has 0 bridgehead atoms. The van der Waals surface area contributed by atoms with Gasteiger partial charge in [-0.2, -0.15) is 0 Å². The van der Waals surface area contributed by atoms with Crippen LogP contribution in [0, 0.1) is 0 Å². The predicted octanol–water partition coefficient (Wildman–Crippen LogP) is 6.21. The second-order valence-corrected chi connectivity index (χ2v) is 7.69. The Bertz CT molecular complexity index is 571. The zero-order chi connectivity index (χ0) is 14.5. The zero-order valence-electron chi connectivity index (χ0n) is 11.1. The molecule has 0 saturated heterocycles. The van der Waals surface area contributed by atoms with E-state index in [1.54, 1.807) is 11.3 Å². The van der Waals surface area contributed by atoms with Crippen LogP contribution in [0.4, 0.5) is 0 Å². The van der Waals surface area contributed by atoms with Crippen molar-refractivity contribution in [3.05, 3.63) is 54.1 Å². The molecule has 0 aliphatic carbocycles. The van der Waals surface area contributed by atoms with Crippen molar-refractivity contribution in [2.24, 2.45) is 0 Å². The van der Waals surface area contributed by atoms with E-state index in [1.807, 2.05) is 12.1 Å². The van der Waals surface area contributed by atoms with E-state index in [0.29, 0.717) is 0 Å². The standard InChI is InChI=1S/C15H16Br2ClNS/c1-2-6-19-14(9-15-12(17)5-7-20-15)10-3-4-11(16)13(18)8-10/h3-5,7-8,14,19H,2,6,9H2,1H3. The highest BCUT2D eigenvalue weighted by atomic mass is 79.9. The first-order valence-electron chi connectivity index (χ1n) is 6.52. The second kappa shape index (κ2) is 7.95. The molecule has 1 unspecified atom stereocenters. The Morgan fingerprint density at radius 1 is 1.25 bits per heavy atom. The molecule has 1 nitrogen and oxygen atoms in total. The average Bonchev–Trinajstić information content (AvgIpc) is 2.83. The molecule has 0 fully saturated rings. The van der Waals surface area contributed by atoms with Crippen LogP contribution in [0.1, 0.15) is 29.8 Å². The minimum Gasteiger partial charge on any atom is -0.310 e. The first-order chi connectivity index (χ1) is 9.61. The third kappa shape index (κ3) is 4.31. The molecule has 0 aliphatic rings. The van der Waals surface area contributed by atoms with Crippen molar-refractivity contribution in [3.8, 4) is 0 Å². The van der Waals surface area contributed by atoms with E-state index in [1.165, 1.54) is 14.9 Å². The van der Waals surface area contributed by atoms with Crippen LogP contribution in [0.3, 0.4) is 0 Å². The maximum Gasteiger partial charge on any atom is 0.0551 e. The van der Waals surface area contributed by atoms with Crippen molar-refractivity contribution < 1.29 is 0 Å². The van der Waals surface area contributed by atoms with Gasteiger partial charge in [-0.1, -0.05) is 24.6 Å². The van der Waals surface area contributed by atoms with Crippen LogP contribution in [0.2, 0.25) is 5.02 Å². The van der Waals surface area contributed by atoms with Gasteiger partial charge in [-0.25, -0.2) is 0 Å². The van der Waals surface area contributed by atoms with Crippen LogP contribution < -0.4 is 5.32 Å². The minimum atomic E-state index is 0.287. The fourth-order valence-electron chi connectivity index (χ4n) is 2.01. The predicted molar refractivity (Wildman–Crippen MR) is 95.9 cm³/mol. The molecule has 2 aromatic rings. The molecule has 1 atom stereocenters. The van der Waals surface area contributed by atoms with E-state index in [2.05, 4.69) is 61.6 Å². The maximum atomic E-state index is 6.22. The fraction of sp³-hybridized carbons (Fsp3) is 0.333. The maximum absolute atomic E-state index is 6.22. The quantitative estimate of drug-likeness (QED) is 0.566. The summed E-state index contributed by atoms with van der Waals surface area (Å²) in [5.41, 5.74) is 1.23. The van der Waals surface area contributed by atoms with Crippen molar-refractivity contribution in [2.75, 3.05) is 6.54 Å². The number of hydrogen-bond donors (Lipinski definition) is 1. The van der Waals surface area contributed by atoms with Crippen molar-refractivity contribution >= 4 is 54.8 Å². The van der Waals surface area contributed by atoms with Gasteiger partial charge in [0.15, 0.2) is 0 Å². The third-order valence-electron chi connectivity index (χ3n) is 3.07. The molecule has 1 aromatic heterocycles. The molecule has 1 aromatic carbocycles. The average molecular weight is 438 g/mol. The summed E-state index contributed by atoms with van der Waals surface area (Å²) in [6.07, 6.45) is 2.09. The molecule has 0 aliphatic heterocycles. The largest absolute Gasteiger partial charge is 0.310 e. The first-order valence-corrected chi connectivity index (χ1v) is 9.36. The zero-order valence-corrected chi connectivity index (χ0v) is 15.9. The van der Waals surface area contributed by atoms with Gasteiger partial charge in [0.25, 0.3) is 0 Å². The summed E-state index contributed by atoms with van der Waals surface area (Å²) in [6, 6.07) is 8.58. The van der Waals surface area contributed by atoms with Gasteiger partial charge in [0.1, 0.15) is 0 Å². The highest BCUT2D eigenvalue weighted by molar-refractivity contribution is 9.10. The summed E-state index contributed by atoms with van der Waals surface area (Å²) >= 11 is 15.1. The van der Waals surface area contributed by atoms with E-state index in [9.17, 15) is 0 Å². The normalized spacial score (nSPS) is 12.6. The number of nitrogens with one attached hydrogen (secondary N) is 1. The number of rotatable bonds is 6. The Hall–Kier alpha value is 0.130. The van der Waals surface area contributed by atoms with Gasteiger partial charge in [-0.3, -0.25) is 0 Å². The van der Waals surface area contributed by atoms with E-state index >= 15 is 0 Å². The SMILES string of the molecule is CCCNC(Cc1sccc1Br)c1ccc(Br)c(Cl)c1. The number of halogens is 3. The van der Waals surface area contributed by atoms with Gasteiger partial charge < -0.3 is 5.32 Å². The molecule has 1 heterocycles. The fourth-order valence-corrected chi connectivity index (χ4v) is 4.01. The topological polar surface area (TPSA) is 12.0 Å². The summed E-state index contributed by atoms with van der Waals surface area (Å²) in [5.74, 6) is 0. The van der Waals surface area contributed by atoms with E-state index in [4.69, 9.17) is 11.6 Å². The van der Waals surface area contributed by atoms with Crippen LogP contribution in [0.25, 0.3) is 0 Å². The molecule has 5 heteroatoms. The lowest BCUT2D eigenvalue weighted by Crippen LogP contribution is -2.24. The number of thiophene rings is 1. The summed E-state index contributed by atoms with van der Waals surface area (Å²) < 4.78 is 2.13. The molecule has 20 heavy (non-hydrogen) atoms. The lowest BCUT2D eigenvalue weighted by molar-refractivity contribution is 0.531. The molecule has 108 valence electrons. The van der Waals surface area contributed by atoms with Gasteiger partial charge in [0.05, 0.1) is 5.02 Å². The summed E-state index contributed by atoms with van der Waals surface area (Å²) in [4.78, 5) is 1.36. The smallest absolute Gasteiger partial charge is 0.0551 e. The first kappa shape index (κ1) is 16.5. The van der Waals surface area contributed by atoms with E-state index in [0.717, 1.165) is 28.9 Å². The number of hydrogen-bond acceptors (Lipinski definition) is 2. The monoisotopic (exact) mass is 435 g/mol. The second-order valence-electron chi connectivity index (χ2n) is 4.58. The Morgan fingerprint density at radius 3 is 2.65 bits per heavy atom. The van der Waals surface area contributed by atoms with E-state index in [-0.39, 0.29) is 6.04 Å². The lowest BCUT2D eigenvalue weighted by atomic mass is 10.0. The Labute approximate surface area is 146 Å².